The van der Waals surface area contributed by atoms with Crippen LogP contribution in [0.25, 0.3) is 0 Å². The highest BCUT2D eigenvalue weighted by atomic mass is 16.5. The molecule has 4 rings (SSSR count). The number of benzene rings is 1. The Hall–Kier alpha value is -2.93. The zero-order valence-corrected chi connectivity index (χ0v) is 17.0. The van der Waals surface area contributed by atoms with Crippen LogP contribution in [0.15, 0.2) is 48.7 Å². The first-order valence-electron chi connectivity index (χ1n) is 10.5. The van der Waals surface area contributed by atoms with Crippen LogP contribution in [0.3, 0.4) is 0 Å². The molecule has 158 valence electrons. The van der Waals surface area contributed by atoms with Crippen molar-refractivity contribution in [3.8, 4) is 5.75 Å². The van der Waals surface area contributed by atoms with E-state index in [9.17, 15) is 9.59 Å². The lowest BCUT2D eigenvalue weighted by Crippen LogP contribution is -2.44. The number of ether oxygens (including phenoxy) is 2. The smallest absolute Gasteiger partial charge is 0.251 e. The highest BCUT2D eigenvalue weighted by Crippen LogP contribution is 2.23. The summed E-state index contributed by atoms with van der Waals surface area (Å²) in [6.45, 7) is 3.00. The standard InChI is InChI=1S/C23H27N3O4/c27-22(25-15-19-5-1-2-10-24-19)17-4-3-6-21(14-17)30-20-7-11-26(12-8-20)23(28)18-9-13-29-16-18/h1-6,10,14,18,20H,7-9,11-13,15-16H2,(H,25,27). The molecule has 2 aliphatic heterocycles. The lowest BCUT2D eigenvalue weighted by Gasteiger charge is -2.33. The van der Waals surface area contributed by atoms with Gasteiger partial charge in [-0.2, -0.15) is 0 Å². The molecule has 2 aromatic rings. The second kappa shape index (κ2) is 9.71. The number of hydrogen-bond acceptors (Lipinski definition) is 5. The molecule has 7 nitrogen and oxygen atoms in total. The third-order valence-corrected chi connectivity index (χ3v) is 5.59. The summed E-state index contributed by atoms with van der Waals surface area (Å²) in [5, 5.41) is 2.88. The van der Waals surface area contributed by atoms with Gasteiger partial charge in [0.25, 0.3) is 5.91 Å². The fourth-order valence-corrected chi connectivity index (χ4v) is 3.86. The molecular formula is C23H27N3O4. The fourth-order valence-electron chi connectivity index (χ4n) is 3.86. The summed E-state index contributed by atoms with van der Waals surface area (Å²) < 4.78 is 11.4. The summed E-state index contributed by atoms with van der Waals surface area (Å²) in [7, 11) is 0. The SMILES string of the molecule is O=C(NCc1ccccn1)c1cccc(OC2CCN(C(=O)C3CCOC3)CC2)c1. The Morgan fingerprint density at radius 1 is 1.13 bits per heavy atom. The van der Waals surface area contributed by atoms with Gasteiger partial charge in [-0.3, -0.25) is 14.6 Å². The highest BCUT2D eigenvalue weighted by Gasteiger charge is 2.31. The maximum Gasteiger partial charge on any atom is 0.251 e. The molecule has 1 atom stereocenters. The molecule has 2 aliphatic rings. The molecule has 1 aromatic carbocycles. The van der Waals surface area contributed by atoms with E-state index in [1.165, 1.54) is 0 Å². The minimum absolute atomic E-state index is 0.0174. The molecule has 1 aromatic heterocycles. The summed E-state index contributed by atoms with van der Waals surface area (Å²) in [6.07, 6.45) is 4.15. The number of amides is 2. The van der Waals surface area contributed by atoms with Gasteiger partial charge in [-0.15, -0.1) is 0 Å². The molecule has 0 aliphatic carbocycles. The molecule has 1 unspecified atom stereocenters. The monoisotopic (exact) mass is 409 g/mol. The van der Waals surface area contributed by atoms with Crippen molar-refractivity contribution in [3.05, 3.63) is 59.9 Å². The van der Waals surface area contributed by atoms with Gasteiger partial charge in [-0.05, 0) is 36.8 Å². The van der Waals surface area contributed by atoms with Crippen LogP contribution in [0.4, 0.5) is 0 Å². The Morgan fingerprint density at radius 3 is 2.73 bits per heavy atom. The van der Waals surface area contributed by atoms with Crippen molar-refractivity contribution >= 4 is 11.8 Å². The average Bonchev–Trinajstić information content (AvgIpc) is 3.33. The third kappa shape index (κ3) is 5.16. The molecule has 2 fully saturated rings. The average molecular weight is 409 g/mol. The van der Waals surface area contributed by atoms with Gasteiger partial charge in [0, 0.05) is 44.3 Å². The number of hydrogen-bond donors (Lipinski definition) is 1. The summed E-state index contributed by atoms with van der Waals surface area (Å²) in [6, 6.07) is 12.8. The van der Waals surface area contributed by atoms with Crippen LogP contribution in [0, 0.1) is 5.92 Å². The van der Waals surface area contributed by atoms with Gasteiger partial charge in [-0.1, -0.05) is 12.1 Å². The van der Waals surface area contributed by atoms with Gasteiger partial charge in [0.15, 0.2) is 0 Å². The number of aromatic nitrogens is 1. The second-order valence-corrected chi connectivity index (χ2v) is 7.73. The van der Waals surface area contributed by atoms with Crippen molar-refractivity contribution in [2.45, 2.75) is 31.9 Å². The molecule has 2 saturated heterocycles. The van der Waals surface area contributed by atoms with Crippen LogP contribution in [0.5, 0.6) is 5.75 Å². The Balaban J connectivity index is 1.27. The zero-order valence-electron chi connectivity index (χ0n) is 17.0. The Bertz CT molecular complexity index is 860. The Labute approximate surface area is 176 Å². The topological polar surface area (TPSA) is 80.8 Å². The summed E-state index contributed by atoms with van der Waals surface area (Å²) >= 11 is 0. The predicted octanol–water partition coefficient (Wildman–Crippen LogP) is 2.42. The van der Waals surface area contributed by atoms with Crippen LogP contribution in [0.2, 0.25) is 0 Å². The van der Waals surface area contributed by atoms with E-state index in [2.05, 4.69) is 10.3 Å². The molecule has 2 amide bonds. The van der Waals surface area contributed by atoms with E-state index >= 15 is 0 Å². The first kappa shape index (κ1) is 20.3. The molecule has 0 saturated carbocycles. The number of pyridine rings is 1. The molecule has 0 spiro atoms. The lowest BCUT2D eigenvalue weighted by atomic mass is 10.0. The lowest BCUT2D eigenvalue weighted by molar-refractivity contribution is -0.137. The maximum absolute atomic E-state index is 12.5. The molecule has 3 heterocycles. The molecule has 1 N–H and O–H groups in total. The minimum Gasteiger partial charge on any atom is -0.490 e. The number of rotatable bonds is 6. The quantitative estimate of drug-likeness (QED) is 0.793. The van der Waals surface area contributed by atoms with Crippen LogP contribution in [-0.2, 0) is 16.1 Å². The second-order valence-electron chi connectivity index (χ2n) is 7.73. The van der Waals surface area contributed by atoms with E-state index in [1.807, 2.05) is 35.2 Å². The van der Waals surface area contributed by atoms with Gasteiger partial charge in [0.2, 0.25) is 5.91 Å². The molecule has 0 radical (unpaired) electrons. The number of piperidine rings is 1. The van der Waals surface area contributed by atoms with Gasteiger partial charge in [0.1, 0.15) is 11.9 Å². The van der Waals surface area contributed by atoms with E-state index in [4.69, 9.17) is 9.47 Å². The molecule has 30 heavy (non-hydrogen) atoms. The summed E-state index contributed by atoms with van der Waals surface area (Å²) in [5.74, 6) is 0.737. The molecule has 0 bridgehead atoms. The predicted molar refractivity (Wildman–Crippen MR) is 111 cm³/mol. The number of carbonyl (C=O) groups is 2. The number of carbonyl (C=O) groups excluding carboxylic acids is 2. The van der Waals surface area contributed by atoms with Crippen molar-refractivity contribution in [2.24, 2.45) is 5.92 Å². The van der Waals surface area contributed by atoms with Crippen molar-refractivity contribution in [1.29, 1.82) is 0 Å². The highest BCUT2D eigenvalue weighted by molar-refractivity contribution is 5.94. The third-order valence-electron chi connectivity index (χ3n) is 5.59. The van der Waals surface area contributed by atoms with E-state index in [0.717, 1.165) is 25.0 Å². The van der Waals surface area contributed by atoms with Gasteiger partial charge >= 0.3 is 0 Å². The van der Waals surface area contributed by atoms with Crippen LogP contribution >= 0.6 is 0 Å². The molecule has 7 heteroatoms. The minimum atomic E-state index is -0.162. The van der Waals surface area contributed by atoms with E-state index in [0.29, 0.717) is 44.2 Å². The zero-order chi connectivity index (χ0) is 20.8. The van der Waals surface area contributed by atoms with Crippen LogP contribution in [-0.4, -0.2) is 54.1 Å². The number of nitrogens with zero attached hydrogens (tertiary/aromatic N) is 2. The number of likely N-dealkylation sites (tertiary alicyclic amines) is 1. The van der Waals surface area contributed by atoms with Crippen LogP contribution in [0.1, 0.15) is 35.3 Å². The van der Waals surface area contributed by atoms with E-state index < -0.39 is 0 Å². The van der Waals surface area contributed by atoms with Crippen molar-refractivity contribution in [1.82, 2.24) is 15.2 Å². The van der Waals surface area contributed by atoms with Crippen molar-refractivity contribution in [2.75, 3.05) is 26.3 Å². The van der Waals surface area contributed by atoms with Gasteiger partial charge in [-0.25, -0.2) is 0 Å². The van der Waals surface area contributed by atoms with Gasteiger partial charge < -0.3 is 19.7 Å². The van der Waals surface area contributed by atoms with E-state index in [-0.39, 0.29) is 23.8 Å². The Morgan fingerprint density at radius 2 is 2.00 bits per heavy atom. The summed E-state index contributed by atoms with van der Waals surface area (Å²) in [4.78, 5) is 31.1. The van der Waals surface area contributed by atoms with Gasteiger partial charge in [0.05, 0.1) is 24.8 Å². The maximum atomic E-state index is 12.5. The largest absolute Gasteiger partial charge is 0.490 e. The summed E-state index contributed by atoms with van der Waals surface area (Å²) in [5.41, 5.74) is 1.36. The van der Waals surface area contributed by atoms with E-state index in [1.54, 1.807) is 18.3 Å². The number of nitrogens with one attached hydrogen (secondary N) is 1. The van der Waals surface area contributed by atoms with Crippen LogP contribution < -0.4 is 10.1 Å². The fraction of sp³-hybridized carbons (Fsp3) is 0.435. The molecular weight excluding hydrogens is 382 g/mol. The first-order chi connectivity index (χ1) is 14.7. The van der Waals surface area contributed by atoms with Crippen molar-refractivity contribution in [3.63, 3.8) is 0 Å². The normalized spacial score (nSPS) is 19.5. The van der Waals surface area contributed by atoms with Crippen molar-refractivity contribution < 1.29 is 19.1 Å². The Kier molecular flexibility index (Phi) is 6.59. The first-order valence-corrected chi connectivity index (χ1v) is 10.5.